The number of hydrogen-bond donors (Lipinski definition) is 2. The highest BCUT2D eigenvalue weighted by Crippen LogP contribution is 2.16. The molecule has 2 N–H and O–H groups in total. The van der Waals surface area contributed by atoms with Gasteiger partial charge in [0.2, 0.25) is 11.8 Å². The van der Waals surface area contributed by atoms with Crippen molar-refractivity contribution in [2.75, 3.05) is 30.9 Å². The zero-order valence-electron chi connectivity index (χ0n) is 17.6. The molecule has 7 nitrogen and oxygen atoms in total. The number of amides is 2. The molecular formula is C21H30N2O5S2. The van der Waals surface area contributed by atoms with E-state index in [0.29, 0.717) is 24.3 Å². The summed E-state index contributed by atoms with van der Waals surface area (Å²) < 4.78 is 4.81. The van der Waals surface area contributed by atoms with Crippen LogP contribution in [0.5, 0.6) is 0 Å². The molecule has 0 saturated carbocycles. The van der Waals surface area contributed by atoms with Gasteiger partial charge in [-0.2, -0.15) is 11.8 Å². The Kier molecular flexibility index (Phi) is 12.9. The highest BCUT2D eigenvalue weighted by Gasteiger charge is 2.26. The van der Waals surface area contributed by atoms with E-state index in [1.165, 1.54) is 6.92 Å². The Morgan fingerprint density at radius 1 is 1.10 bits per heavy atom. The summed E-state index contributed by atoms with van der Waals surface area (Å²) in [5.41, 5.74) is 0.981. The van der Waals surface area contributed by atoms with Crippen molar-refractivity contribution in [3.8, 4) is 0 Å². The molecule has 9 heteroatoms. The maximum atomic E-state index is 13.0. The van der Waals surface area contributed by atoms with Gasteiger partial charge in [0.1, 0.15) is 12.6 Å². The second kappa shape index (κ2) is 14.9. The van der Waals surface area contributed by atoms with Crippen molar-refractivity contribution in [1.29, 1.82) is 0 Å². The fourth-order valence-corrected chi connectivity index (χ4v) is 3.81. The van der Waals surface area contributed by atoms with Gasteiger partial charge in [0.15, 0.2) is 5.12 Å². The summed E-state index contributed by atoms with van der Waals surface area (Å²) in [5.74, 6) is -0.705. The number of carbonyl (C=O) groups is 4. The van der Waals surface area contributed by atoms with E-state index in [4.69, 9.17) is 4.74 Å². The predicted molar refractivity (Wildman–Crippen MR) is 121 cm³/mol. The first-order valence-electron chi connectivity index (χ1n) is 9.77. The highest BCUT2D eigenvalue weighted by atomic mass is 32.2. The fraction of sp³-hybridized carbons (Fsp3) is 0.524. The van der Waals surface area contributed by atoms with E-state index in [0.717, 1.165) is 17.3 Å². The number of thioether (sulfide) groups is 2. The Morgan fingerprint density at radius 2 is 1.80 bits per heavy atom. The van der Waals surface area contributed by atoms with E-state index < -0.39 is 23.8 Å². The zero-order chi connectivity index (χ0) is 22.4. The minimum Gasteiger partial charge on any atom is -0.465 e. The second-order valence-corrected chi connectivity index (χ2v) is 8.74. The lowest BCUT2D eigenvalue weighted by Gasteiger charge is -2.22. The number of benzene rings is 1. The van der Waals surface area contributed by atoms with Crippen LogP contribution in [0.4, 0.5) is 0 Å². The van der Waals surface area contributed by atoms with E-state index in [9.17, 15) is 19.2 Å². The van der Waals surface area contributed by atoms with Gasteiger partial charge >= 0.3 is 5.97 Å². The highest BCUT2D eigenvalue weighted by molar-refractivity contribution is 8.13. The van der Waals surface area contributed by atoms with E-state index in [-0.39, 0.29) is 24.2 Å². The van der Waals surface area contributed by atoms with Crippen molar-refractivity contribution >= 4 is 46.4 Å². The summed E-state index contributed by atoms with van der Waals surface area (Å²) in [5, 5.41) is 5.27. The lowest BCUT2D eigenvalue weighted by molar-refractivity contribution is -0.143. The molecule has 0 saturated heterocycles. The Bertz CT molecular complexity index is 700. The van der Waals surface area contributed by atoms with Crippen molar-refractivity contribution in [3.63, 3.8) is 0 Å². The summed E-state index contributed by atoms with van der Waals surface area (Å²) in [6.45, 7) is 3.14. The van der Waals surface area contributed by atoms with Gasteiger partial charge in [-0.15, -0.1) is 0 Å². The molecule has 30 heavy (non-hydrogen) atoms. The van der Waals surface area contributed by atoms with Crippen LogP contribution in [0.15, 0.2) is 30.3 Å². The fourth-order valence-electron chi connectivity index (χ4n) is 2.63. The average Bonchev–Trinajstić information content (AvgIpc) is 2.73. The molecule has 0 fully saturated rings. The van der Waals surface area contributed by atoms with Crippen molar-refractivity contribution in [2.24, 2.45) is 5.92 Å². The molecule has 1 unspecified atom stereocenters. The number of esters is 1. The number of nitrogens with one attached hydrogen (secondary N) is 2. The molecule has 0 bridgehead atoms. The molecule has 0 spiro atoms. The van der Waals surface area contributed by atoms with Gasteiger partial charge < -0.3 is 15.4 Å². The molecule has 0 radical (unpaired) electrons. The van der Waals surface area contributed by atoms with Gasteiger partial charge in [-0.05, 0) is 37.3 Å². The molecule has 1 aromatic rings. The van der Waals surface area contributed by atoms with Gasteiger partial charge in [0, 0.05) is 12.7 Å². The first-order valence-corrected chi connectivity index (χ1v) is 12.1. The summed E-state index contributed by atoms with van der Waals surface area (Å²) in [6.07, 6.45) is 2.81. The van der Waals surface area contributed by atoms with Crippen molar-refractivity contribution in [3.05, 3.63) is 35.9 Å². The van der Waals surface area contributed by atoms with Gasteiger partial charge in [-0.25, -0.2) is 0 Å². The van der Waals surface area contributed by atoms with Gasteiger partial charge in [0.25, 0.3) is 0 Å². The van der Waals surface area contributed by atoms with E-state index in [1.54, 1.807) is 18.7 Å². The summed E-state index contributed by atoms with van der Waals surface area (Å²) in [4.78, 5) is 48.4. The minimum absolute atomic E-state index is 0.0630. The molecule has 1 aromatic carbocycles. The SMILES string of the molecule is CCOC(=O)CNC(=O)[C@H](CCSC)NC(=O)C(CSC(C)=O)Cc1ccccc1. The molecular weight excluding hydrogens is 424 g/mol. The molecule has 2 amide bonds. The van der Waals surface area contributed by atoms with Crippen LogP contribution in [-0.4, -0.2) is 59.9 Å². The maximum absolute atomic E-state index is 13.0. The number of carbonyl (C=O) groups excluding carboxylic acids is 4. The van der Waals surface area contributed by atoms with E-state index in [2.05, 4.69) is 10.6 Å². The predicted octanol–water partition coefficient (Wildman–Crippen LogP) is 2.04. The van der Waals surface area contributed by atoms with E-state index in [1.807, 2.05) is 36.6 Å². The van der Waals surface area contributed by atoms with Crippen LogP contribution in [0, 0.1) is 5.92 Å². The second-order valence-electron chi connectivity index (χ2n) is 6.55. The van der Waals surface area contributed by atoms with Gasteiger partial charge in [0.05, 0.1) is 12.5 Å². The zero-order valence-corrected chi connectivity index (χ0v) is 19.3. The summed E-state index contributed by atoms with van der Waals surface area (Å²) in [7, 11) is 0. The summed E-state index contributed by atoms with van der Waals surface area (Å²) >= 11 is 2.65. The molecule has 0 aliphatic heterocycles. The minimum atomic E-state index is -0.764. The topological polar surface area (TPSA) is 102 Å². The van der Waals surface area contributed by atoms with Crippen LogP contribution in [0.2, 0.25) is 0 Å². The van der Waals surface area contributed by atoms with Crippen LogP contribution in [0.3, 0.4) is 0 Å². The molecule has 0 aromatic heterocycles. The monoisotopic (exact) mass is 454 g/mol. The normalized spacial score (nSPS) is 12.5. The Hall–Kier alpha value is -2.00. The maximum Gasteiger partial charge on any atom is 0.325 e. The number of ether oxygens (including phenoxy) is 1. The molecule has 2 atom stereocenters. The molecule has 166 valence electrons. The standard InChI is InChI=1S/C21H30N2O5S2/c1-4-28-19(25)13-22-21(27)18(10-11-29-3)23-20(26)17(14-30-15(2)24)12-16-8-6-5-7-9-16/h5-9,17-18H,4,10-14H2,1-3H3,(H,22,27)(H,23,26)/t17?,18-/m0/s1. The lowest BCUT2D eigenvalue weighted by Crippen LogP contribution is -2.50. The van der Waals surface area contributed by atoms with Crippen LogP contribution in [-0.2, 0) is 30.3 Å². The van der Waals surface area contributed by atoms with Crippen LogP contribution in [0.1, 0.15) is 25.8 Å². The van der Waals surface area contributed by atoms with Crippen LogP contribution in [0.25, 0.3) is 0 Å². The quantitative estimate of drug-likeness (QED) is 0.440. The lowest BCUT2D eigenvalue weighted by atomic mass is 9.99. The van der Waals surface area contributed by atoms with Crippen molar-refractivity contribution in [2.45, 2.75) is 32.7 Å². The first-order chi connectivity index (χ1) is 14.4. The van der Waals surface area contributed by atoms with Gasteiger partial charge in [-0.3, -0.25) is 19.2 Å². The molecule has 0 heterocycles. The van der Waals surface area contributed by atoms with E-state index >= 15 is 0 Å². The van der Waals surface area contributed by atoms with Crippen LogP contribution >= 0.6 is 23.5 Å². The van der Waals surface area contributed by atoms with Crippen molar-refractivity contribution in [1.82, 2.24) is 10.6 Å². The third-order valence-electron chi connectivity index (χ3n) is 4.14. The van der Waals surface area contributed by atoms with Crippen LogP contribution < -0.4 is 10.6 Å². The third kappa shape index (κ3) is 10.7. The molecule has 1 rings (SSSR count). The average molecular weight is 455 g/mol. The Labute approximate surface area is 186 Å². The Morgan fingerprint density at radius 3 is 2.40 bits per heavy atom. The molecule has 0 aliphatic carbocycles. The molecule has 0 aliphatic rings. The first kappa shape index (κ1) is 26.0. The summed E-state index contributed by atoms with van der Waals surface area (Å²) in [6, 6.07) is 8.78. The van der Waals surface area contributed by atoms with Crippen molar-refractivity contribution < 1.29 is 23.9 Å². The third-order valence-corrected chi connectivity index (χ3v) is 5.76. The number of rotatable bonds is 13. The smallest absolute Gasteiger partial charge is 0.325 e. The Balaban J connectivity index is 2.82. The largest absolute Gasteiger partial charge is 0.465 e. The number of hydrogen-bond acceptors (Lipinski definition) is 7. The van der Waals surface area contributed by atoms with Gasteiger partial charge in [-0.1, -0.05) is 42.1 Å².